The number of benzene rings is 1. The number of hydrogen-bond acceptors (Lipinski definition) is 4. The van der Waals surface area contributed by atoms with Gasteiger partial charge in [-0.15, -0.1) is 0 Å². The average molecular weight is 325 g/mol. The summed E-state index contributed by atoms with van der Waals surface area (Å²) in [5.41, 5.74) is -1.68. The van der Waals surface area contributed by atoms with Crippen LogP contribution in [0.4, 0.5) is 0 Å². The van der Waals surface area contributed by atoms with Crippen molar-refractivity contribution < 1.29 is 19.4 Å². The Hall–Kier alpha value is -2.79. The molecule has 0 aromatic heterocycles. The summed E-state index contributed by atoms with van der Waals surface area (Å²) in [7, 11) is 0. The zero-order valence-electron chi connectivity index (χ0n) is 13.9. The minimum absolute atomic E-state index is 0.0762. The maximum absolute atomic E-state index is 11.6. The topological polar surface area (TPSA) is 87.4 Å². The van der Waals surface area contributed by atoms with E-state index < -0.39 is 23.0 Å². The van der Waals surface area contributed by atoms with Crippen LogP contribution in [0.3, 0.4) is 0 Å². The number of carboxylic acid groups (broad SMARTS) is 1. The van der Waals surface area contributed by atoms with Crippen molar-refractivity contribution in [3.63, 3.8) is 0 Å². The molecule has 0 heterocycles. The van der Waals surface area contributed by atoms with Crippen molar-refractivity contribution >= 4 is 11.9 Å². The highest BCUT2D eigenvalue weighted by Crippen LogP contribution is 2.57. The lowest BCUT2D eigenvalue weighted by Gasteiger charge is -2.36. The number of carboxylic acids is 1. The highest BCUT2D eigenvalue weighted by atomic mass is 16.6. The van der Waals surface area contributed by atoms with E-state index in [0.717, 1.165) is 0 Å². The van der Waals surface area contributed by atoms with Crippen molar-refractivity contribution in [3.8, 4) is 17.9 Å². The molecular weight excluding hydrogens is 306 g/mol. The fraction of sp³-hybridized carbons (Fsp3) is 0.421. The number of ether oxygens (including phenoxy) is 1. The van der Waals surface area contributed by atoms with Gasteiger partial charge in [-0.2, -0.15) is 5.26 Å². The van der Waals surface area contributed by atoms with Crippen LogP contribution in [0.2, 0.25) is 0 Å². The Morgan fingerprint density at radius 2 is 1.96 bits per heavy atom. The number of hydrogen-bond donors (Lipinski definition) is 1. The number of nitriles is 1. The third kappa shape index (κ3) is 2.98. The van der Waals surface area contributed by atoms with Crippen molar-refractivity contribution in [2.75, 3.05) is 0 Å². The molecule has 0 amide bonds. The Morgan fingerprint density at radius 3 is 2.42 bits per heavy atom. The maximum atomic E-state index is 11.6. The molecule has 1 aromatic carbocycles. The van der Waals surface area contributed by atoms with Crippen molar-refractivity contribution in [3.05, 3.63) is 35.4 Å². The summed E-state index contributed by atoms with van der Waals surface area (Å²) in [6.07, 6.45) is 1.20. The highest BCUT2D eigenvalue weighted by molar-refractivity contribution is 5.90. The summed E-state index contributed by atoms with van der Waals surface area (Å²) < 4.78 is 5.56. The molecule has 5 nitrogen and oxygen atoms in total. The molecule has 1 aliphatic carbocycles. The number of carbonyl (C=O) groups excluding carboxylic acids is 1. The van der Waals surface area contributed by atoms with E-state index in [4.69, 9.17) is 4.74 Å². The average Bonchev–Trinajstić information content (AvgIpc) is 3.32. The van der Waals surface area contributed by atoms with Gasteiger partial charge in [0.05, 0.1) is 11.6 Å². The Bertz CT molecular complexity index is 775. The van der Waals surface area contributed by atoms with E-state index in [2.05, 4.69) is 17.9 Å². The van der Waals surface area contributed by atoms with Gasteiger partial charge in [-0.3, -0.25) is 4.79 Å². The van der Waals surface area contributed by atoms with E-state index in [9.17, 15) is 20.0 Å². The normalized spacial score (nSPS) is 17.0. The number of esters is 1. The quantitative estimate of drug-likeness (QED) is 0.679. The first kappa shape index (κ1) is 17.6. The second kappa shape index (κ2) is 6.37. The van der Waals surface area contributed by atoms with Gasteiger partial charge < -0.3 is 9.84 Å². The minimum Gasteiger partial charge on any atom is -0.478 e. The van der Waals surface area contributed by atoms with Gasteiger partial charge in [0.2, 0.25) is 0 Å². The number of carbonyl (C=O) groups is 2. The van der Waals surface area contributed by atoms with E-state index in [1.54, 1.807) is 18.2 Å². The van der Waals surface area contributed by atoms with Gasteiger partial charge in [-0.1, -0.05) is 31.9 Å². The van der Waals surface area contributed by atoms with Gasteiger partial charge in [-0.05, 0) is 30.9 Å². The summed E-state index contributed by atoms with van der Waals surface area (Å²) in [5, 5.41) is 18.9. The summed E-state index contributed by atoms with van der Waals surface area (Å²) >= 11 is 0. The van der Waals surface area contributed by atoms with Gasteiger partial charge in [0.1, 0.15) is 5.41 Å². The molecule has 1 fully saturated rings. The van der Waals surface area contributed by atoms with Gasteiger partial charge in [0.15, 0.2) is 5.60 Å². The fourth-order valence-electron chi connectivity index (χ4n) is 2.91. The molecule has 0 unspecified atom stereocenters. The standard InChI is InChI=1S/C19H19NO4/c1-13(2)19(24-14(3)21,18(12-20)10-11-18)9-8-15-6-4-5-7-16(15)17(22)23/h4-7,13H,10-11H2,1-3H3,(H,22,23)/t19-/m1/s1. The minimum atomic E-state index is -1.25. The first-order valence-corrected chi connectivity index (χ1v) is 7.74. The summed E-state index contributed by atoms with van der Waals surface area (Å²) in [6.45, 7) is 4.98. The largest absolute Gasteiger partial charge is 0.478 e. The van der Waals surface area contributed by atoms with Crippen molar-refractivity contribution in [1.82, 2.24) is 0 Å². The smallest absolute Gasteiger partial charge is 0.336 e. The van der Waals surface area contributed by atoms with E-state index >= 15 is 0 Å². The lowest BCUT2D eigenvalue weighted by atomic mass is 9.76. The monoisotopic (exact) mass is 325 g/mol. The molecule has 1 aromatic rings. The first-order valence-electron chi connectivity index (χ1n) is 7.74. The molecule has 5 heteroatoms. The second-order valence-corrected chi connectivity index (χ2v) is 6.28. The molecule has 0 aliphatic heterocycles. The molecule has 0 saturated heterocycles. The summed E-state index contributed by atoms with van der Waals surface area (Å²) in [5.74, 6) is 3.99. The highest BCUT2D eigenvalue weighted by Gasteiger charge is 2.64. The third-order valence-corrected chi connectivity index (χ3v) is 4.33. The predicted molar refractivity (Wildman–Crippen MR) is 86.9 cm³/mol. The Kier molecular flexibility index (Phi) is 4.66. The van der Waals surface area contributed by atoms with Gasteiger partial charge in [-0.25, -0.2) is 4.79 Å². The molecule has 1 atom stereocenters. The lowest BCUT2D eigenvalue weighted by Crippen LogP contribution is -2.47. The zero-order chi connectivity index (χ0) is 18.0. The van der Waals surface area contributed by atoms with Crippen molar-refractivity contribution in [2.45, 2.75) is 39.2 Å². The third-order valence-electron chi connectivity index (χ3n) is 4.33. The van der Waals surface area contributed by atoms with Gasteiger partial charge >= 0.3 is 11.9 Å². The maximum Gasteiger partial charge on any atom is 0.336 e. The molecule has 2 rings (SSSR count). The molecule has 1 N–H and O–H groups in total. The second-order valence-electron chi connectivity index (χ2n) is 6.28. The van der Waals surface area contributed by atoms with Crippen molar-refractivity contribution in [2.24, 2.45) is 11.3 Å². The Balaban J connectivity index is 2.58. The number of rotatable bonds is 4. The van der Waals surface area contributed by atoms with Crippen LogP contribution in [0.1, 0.15) is 49.5 Å². The van der Waals surface area contributed by atoms with E-state index in [1.807, 2.05) is 13.8 Å². The summed E-state index contributed by atoms with van der Waals surface area (Å²) in [6, 6.07) is 8.63. The van der Waals surface area contributed by atoms with Crippen molar-refractivity contribution in [1.29, 1.82) is 5.26 Å². The molecule has 124 valence electrons. The Labute approximate surface area is 141 Å². The lowest BCUT2D eigenvalue weighted by molar-refractivity contribution is -0.160. The predicted octanol–water partition coefficient (Wildman–Crippen LogP) is 3.00. The van der Waals surface area contributed by atoms with Crippen LogP contribution in [0.5, 0.6) is 0 Å². The van der Waals surface area contributed by atoms with Gasteiger partial charge in [0, 0.05) is 18.4 Å². The van der Waals surface area contributed by atoms with Crippen LogP contribution in [-0.2, 0) is 9.53 Å². The number of aromatic carboxylic acids is 1. The molecule has 1 aliphatic rings. The SMILES string of the molecule is CC(=O)O[C@](C#Cc1ccccc1C(=O)O)(C(C)C)C1(C#N)CC1. The molecule has 1 saturated carbocycles. The van der Waals surface area contributed by atoms with Crippen LogP contribution >= 0.6 is 0 Å². The van der Waals surface area contributed by atoms with E-state index in [1.165, 1.54) is 13.0 Å². The van der Waals surface area contributed by atoms with Crippen LogP contribution in [0.25, 0.3) is 0 Å². The van der Waals surface area contributed by atoms with E-state index in [-0.39, 0.29) is 11.5 Å². The van der Waals surface area contributed by atoms with Crippen LogP contribution in [0.15, 0.2) is 24.3 Å². The molecule has 0 radical (unpaired) electrons. The first-order chi connectivity index (χ1) is 11.3. The zero-order valence-corrected chi connectivity index (χ0v) is 13.9. The Morgan fingerprint density at radius 1 is 1.33 bits per heavy atom. The molecule has 0 spiro atoms. The fourth-order valence-corrected chi connectivity index (χ4v) is 2.91. The van der Waals surface area contributed by atoms with Gasteiger partial charge in [0.25, 0.3) is 0 Å². The number of nitrogens with zero attached hydrogens (tertiary/aromatic N) is 1. The molecular formula is C19H19NO4. The molecule has 0 bridgehead atoms. The molecule has 24 heavy (non-hydrogen) atoms. The van der Waals surface area contributed by atoms with Crippen LogP contribution in [0, 0.1) is 34.5 Å². The van der Waals surface area contributed by atoms with Crippen LogP contribution in [-0.4, -0.2) is 22.6 Å². The summed E-state index contributed by atoms with van der Waals surface area (Å²) in [4.78, 5) is 23.0. The van der Waals surface area contributed by atoms with E-state index in [0.29, 0.717) is 18.4 Å². The van der Waals surface area contributed by atoms with Crippen LogP contribution < -0.4 is 0 Å².